The average Bonchev–Trinajstić information content (AvgIpc) is 2.15. The van der Waals surface area contributed by atoms with Crippen LogP contribution in [0.3, 0.4) is 0 Å². The van der Waals surface area contributed by atoms with Crippen molar-refractivity contribution in [2.24, 2.45) is 0 Å². The fourth-order valence-corrected chi connectivity index (χ4v) is 0.838. The Hall–Kier alpha value is -1.29. The van der Waals surface area contributed by atoms with Crippen molar-refractivity contribution in [3.05, 3.63) is 0 Å². The Morgan fingerprint density at radius 1 is 0.944 bits per heavy atom. The van der Waals surface area contributed by atoms with Gasteiger partial charge in [0.05, 0.1) is 13.1 Å². The fraction of sp³-hybridized carbons (Fsp3) is 0.857. The van der Waals surface area contributed by atoms with Crippen LogP contribution in [0.4, 0.5) is 39.9 Å². The molecule has 0 radical (unpaired) electrons. The predicted octanol–water partition coefficient (Wildman–Crippen LogP) is 2.77. The first-order chi connectivity index (χ1) is 7.90. The van der Waals surface area contributed by atoms with E-state index in [0.29, 0.717) is 0 Å². The van der Waals surface area contributed by atoms with Gasteiger partial charge in [-0.25, -0.2) is 22.4 Å². The molecule has 0 rings (SSSR count). The molecule has 1 N–H and O–H groups in total. The van der Waals surface area contributed by atoms with E-state index in [-0.39, 0.29) is 0 Å². The molecule has 0 spiro atoms. The zero-order chi connectivity index (χ0) is 14.7. The number of carbonyl (C=O) groups is 1. The summed E-state index contributed by atoms with van der Waals surface area (Å²) in [5.74, 6) is -9.81. The monoisotopic (exact) mass is 289 g/mol. The molecule has 0 unspecified atom stereocenters. The van der Waals surface area contributed by atoms with Crippen LogP contribution in [-0.2, 0) is 0 Å². The quantitative estimate of drug-likeness (QED) is 0.764. The van der Waals surface area contributed by atoms with E-state index < -0.39 is 48.8 Å². The minimum atomic E-state index is -4.91. The summed E-state index contributed by atoms with van der Waals surface area (Å²) in [6.45, 7) is -4.61. The third-order valence-electron chi connectivity index (χ3n) is 1.71. The van der Waals surface area contributed by atoms with Gasteiger partial charge in [-0.15, -0.1) is 0 Å². The molecule has 1 amide bonds. The third kappa shape index (κ3) is 4.53. The highest BCUT2D eigenvalue weighted by atomic mass is 19.3. The van der Waals surface area contributed by atoms with E-state index in [1.807, 2.05) is 0 Å². The van der Waals surface area contributed by atoms with Gasteiger partial charge in [0.2, 0.25) is 0 Å². The number of alkyl halides is 8. The van der Waals surface area contributed by atoms with Crippen LogP contribution in [0.5, 0.6) is 0 Å². The first-order valence-electron chi connectivity index (χ1n) is 4.20. The molecule has 0 saturated carbocycles. The van der Waals surface area contributed by atoms with Crippen molar-refractivity contribution < 1.29 is 45.0 Å². The van der Waals surface area contributed by atoms with Crippen molar-refractivity contribution in [1.29, 1.82) is 0 Å². The molecule has 0 bridgehead atoms. The van der Waals surface area contributed by atoms with Crippen molar-refractivity contribution in [2.75, 3.05) is 13.1 Å². The van der Waals surface area contributed by atoms with Crippen LogP contribution in [0, 0.1) is 0 Å². The highest BCUT2D eigenvalue weighted by molar-refractivity contribution is 5.65. The molecular weight excluding hydrogens is 282 g/mol. The van der Waals surface area contributed by atoms with Gasteiger partial charge in [-0.1, -0.05) is 0 Å². The Morgan fingerprint density at radius 3 is 1.39 bits per heavy atom. The molecule has 3 nitrogen and oxygen atoms in total. The molecule has 108 valence electrons. The summed E-state index contributed by atoms with van der Waals surface area (Å²) in [6.07, 6.45) is -11.0. The molecule has 0 aromatic carbocycles. The molecular formula is C7H7F8NO2. The average molecular weight is 289 g/mol. The smallest absolute Gasteiger partial charge is 0.407 e. The maximum absolute atomic E-state index is 12.4. The van der Waals surface area contributed by atoms with Crippen molar-refractivity contribution in [3.63, 3.8) is 0 Å². The molecule has 18 heavy (non-hydrogen) atoms. The summed E-state index contributed by atoms with van der Waals surface area (Å²) in [4.78, 5) is 9.39. The number of hydrogen-bond acceptors (Lipinski definition) is 1. The highest BCUT2D eigenvalue weighted by Crippen LogP contribution is 2.28. The summed E-state index contributed by atoms with van der Waals surface area (Å²) >= 11 is 0. The number of carboxylic acid groups (broad SMARTS) is 1. The van der Waals surface area contributed by atoms with Crippen molar-refractivity contribution in [1.82, 2.24) is 4.90 Å². The van der Waals surface area contributed by atoms with Crippen LogP contribution >= 0.6 is 0 Å². The third-order valence-corrected chi connectivity index (χ3v) is 1.71. The van der Waals surface area contributed by atoms with Crippen molar-refractivity contribution in [3.8, 4) is 0 Å². The van der Waals surface area contributed by atoms with Gasteiger partial charge in [0, 0.05) is 0 Å². The summed E-state index contributed by atoms with van der Waals surface area (Å²) < 4.78 is 96.7. The van der Waals surface area contributed by atoms with Gasteiger partial charge in [-0.05, 0) is 0 Å². The molecule has 0 aromatic heterocycles. The summed E-state index contributed by atoms with van der Waals surface area (Å²) in [6, 6.07) is 0. The van der Waals surface area contributed by atoms with E-state index in [1.54, 1.807) is 0 Å². The van der Waals surface area contributed by atoms with Crippen molar-refractivity contribution in [2.45, 2.75) is 24.7 Å². The number of halogens is 8. The van der Waals surface area contributed by atoms with Gasteiger partial charge < -0.3 is 5.11 Å². The second kappa shape index (κ2) is 5.57. The van der Waals surface area contributed by atoms with Gasteiger partial charge in [0.15, 0.2) is 0 Å². The molecule has 0 aliphatic rings. The zero-order valence-corrected chi connectivity index (χ0v) is 8.40. The van der Waals surface area contributed by atoms with Gasteiger partial charge in [-0.3, -0.25) is 4.90 Å². The van der Waals surface area contributed by atoms with Gasteiger partial charge in [0.1, 0.15) is 0 Å². The van der Waals surface area contributed by atoms with Gasteiger partial charge in [-0.2, -0.15) is 17.6 Å². The molecule has 0 heterocycles. The largest absolute Gasteiger partial charge is 0.465 e. The zero-order valence-electron chi connectivity index (χ0n) is 8.40. The van der Waals surface area contributed by atoms with Crippen LogP contribution in [-0.4, -0.2) is 53.9 Å². The normalized spacial score (nSPS) is 13.2. The number of nitrogens with zero attached hydrogens (tertiary/aromatic N) is 1. The number of hydrogen-bond donors (Lipinski definition) is 1. The molecule has 0 fully saturated rings. The summed E-state index contributed by atoms with van der Waals surface area (Å²) in [7, 11) is 0. The van der Waals surface area contributed by atoms with Crippen LogP contribution in [0.2, 0.25) is 0 Å². The molecule has 0 saturated heterocycles. The maximum Gasteiger partial charge on any atom is 0.407 e. The molecule has 0 aromatic rings. The van der Waals surface area contributed by atoms with Crippen LogP contribution in [0.15, 0.2) is 0 Å². The van der Waals surface area contributed by atoms with E-state index in [9.17, 15) is 39.9 Å². The topological polar surface area (TPSA) is 40.5 Å². The van der Waals surface area contributed by atoms with E-state index in [2.05, 4.69) is 0 Å². The lowest BCUT2D eigenvalue weighted by Crippen LogP contribution is -2.50. The fourth-order valence-electron chi connectivity index (χ4n) is 0.838. The predicted molar refractivity (Wildman–Crippen MR) is 41.5 cm³/mol. The van der Waals surface area contributed by atoms with Crippen LogP contribution in [0.25, 0.3) is 0 Å². The summed E-state index contributed by atoms with van der Waals surface area (Å²) in [5, 5.41) is 8.23. The minimum absolute atomic E-state index is 0.877. The number of rotatable bonds is 6. The van der Waals surface area contributed by atoms with E-state index >= 15 is 0 Å². The van der Waals surface area contributed by atoms with E-state index in [0.717, 1.165) is 0 Å². The maximum atomic E-state index is 12.4. The summed E-state index contributed by atoms with van der Waals surface area (Å²) in [5.41, 5.74) is 0. The van der Waals surface area contributed by atoms with Gasteiger partial charge >= 0.3 is 30.8 Å². The standard InChI is InChI=1S/C7H7F8NO2/c8-3(9)6(12,13)1-16(5(17)18)2-7(14,15)4(10)11/h3-4H,1-2H2,(H,17,18). The molecule has 0 aliphatic carbocycles. The van der Waals surface area contributed by atoms with Crippen LogP contribution < -0.4 is 0 Å². The second-order valence-corrected chi connectivity index (χ2v) is 3.26. The molecule has 0 atom stereocenters. The first kappa shape index (κ1) is 16.7. The highest BCUT2D eigenvalue weighted by Gasteiger charge is 2.48. The lowest BCUT2D eigenvalue weighted by molar-refractivity contribution is -0.165. The van der Waals surface area contributed by atoms with E-state index in [4.69, 9.17) is 5.11 Å². The Balaban J connectivity index is 4.86. The molecule has 11 heteroatoms. The number of amides is 1. The lowest BCUT2D eigenvalue weighted by atomic mass is 10.2. The Bertz CT molecular complexity index is 273. The minimum Gasteiger partial charge on any atom is -0.465 e. The van der Waals surface area contributed by atoms with Gasteiger partial charge in [0.25, 0.3) is 0 Å². The van der Waals surface area contributed by atoms with E-state index in [1.165, 1.54) is 0 Å². The van der Waals surface area contributed by atoms with Crippen LogP contribution in [0.1, 0.15) is 0 Å². The second-order valence-electron chi connectivity index (χ2n) is 3.26. The SMILES string of the molecule is O=C(O)N(CC(F)(F)C(F)F)CC(F)(F)C(F)F. The van der Waals surface area contributed by atoms with Crippen molar-refractivity contribution >= 4 is 6.09 Å². The Morgan fingerprint density at radius 2 is 1.22 bits per heavy atom. The lowest BCUT2D eigenvalue weighted by Gasteiger charge is -2.27. The Kier molecular flexibility index (Phi) is 5.17. The Labute approximate surface area is 95.0 Å². The molecule has 0 aliphatic heterocycles. The first-order valence-corrected chi connectivity index (χ1v) is 4.20.